The van der Waals surface area contributed by atoms with Crippen molar-refractivity contribution in [3.05, 3.63) is 299 Å². The van der Waals surface area contributed by atoms with Crippen LogP contribution in [0.1, 0.15) is 44.5 Å². The van der Waals surface area contributed by atoms with Crippen molar-refractivity contribution in [2.45, 2.75) is 10.8 Å². The molecule has 2 heteroatoms. The van der Waals surface area contributed by atoms with E-state index in [-0.39, 0.29) is 0 Å². The molecule has 3 aliphatic rings. The highest BCUT2D eigenvalue weighted by Crippen LogP contribution is 2.64. The van der Waals surface area contributed by atoms with Crippen LogP contribution in [0.4, 0.5) is 17.1 Å². The lowest BCUT2D eigenvalue weighted by molar-refractivity contribution is 0.748. The van der Waals surface area contributed by atoms with E-state index in [9.17, 15) is 0 Å². The van der Waals surface area contributed by atoms with E-state index in [1.54, 1.807) is 0 Å². The molecule has 68 heavy (non-hydrogen) atoms. The molecule has 15 rings (SSSR count). The van der Waals surface area contributed by atoms with Gasteiger partial charge in [0, 0.05) is 27.7 Å². The lowest BCUT2D eigenvalue weighted by atomic mass is 9.65. The third-order valence-electron chi connectivity index (χ3n) is 15.6. The van der Waals surface area contributed by atoms with Crippen molar-refractivity contribution in [3.8, 4) is 27.9 Å². The second-order valence-corrected chi connectivity index (χ2v) is 18.7. The van der Waals surface area contributed by atoms with Gasteiger partial charge in [0.15, 0.2) is 0 Å². The lowest BCUT2D eigenvalue weighted by Crippen LogP contribution is -2.33. The predicted molar refractivity (Wildman–Crippen MR) is 281 cm³/mol. The molecule has 2 aliphatic carbocycles. The van der Waals surface area contributed by atoms with Crippen molar-refractivity contribution in [3.63, 3.8) is 0 Å². The van der Waals surface area contributed by atoms with Crippen molar-refractivity contribution in [1.29, 1.82) is 0 Å². The summed E-state index contributed by atoms with van der Waals surface area (Å²) in [5, 5.41) is 5.09. The zero-order valence-electron chi connectivity index (χ0n) is 37.1. The quantitative estimate of drug-likeness (QED) is 0.167. The zero-order chi connectivity index (χ0) is 44.6. The Morgan fingerprint density at radius 3 is 1.72 bits per heavy atom. The molecular formula is C66H42N2. The van der Waals surface area contributed by atoms with Crippen LogP contribution in [-0.2, 0) is 10.8 Å². The van der Waals surface area contributed by atoms with Crippen LogP contribution in [0.25, 0.3) is 60.5 Å². The number of para-hydroxylation sites is 4. The number of hydrogen-bond acceptors (Lipinski definition) is 1. The Balaban J connectivity index is 1.04. The van der Waals surface area contributed by atoms with Crippen LogP contribution in [0.2, 0.25) is 0 Å². The molecule has 316 valence electrons. The van der Waals surface area contributed by atoms with Gasteiger partial charge in [0.1, 0.15) is 0 Å². The molecule has 0 amide bonds. The minimum Gasteiger partial charge on any atom is -0.310 e. The summed E-state index contributed by atoms with van der Waals surface area (Å²) in [6.45, 7) is 0. The van der Waals surface area contributed by atoms with Gasteiger partial charge in [-0.25, -0.2) is 0 Å². The Morgan fingerprint density at radius 1 is 0.324 bits per heavy atom. The highest BCUT2D eigenvalue weighted by Gasteiger charge is 2.52. The van der Waals surface area contributed by atoms with Crippen LogP contribution in [0.5, 0.6) is 0 Å². The normalized spacial score (nSPS) is 15.5. The first kappa shape index (κ1) is 37.5. The van der Waals surface area contributed by atoms with Crippen LogP contribution in [-0.4, -0.2) is 4.57 Å². The summed E-state index contributed by atoms with van der Waals surface area (Å²) in [7, 11) is 0. The molecule has 1 unspecified atom stereocenters. The minimum atomic E-state index is -0.576. The van der Waals surface area contributed by atoms with Crippen LogP contribution in [0.3, 0.4) is 0 Å². The molecule has 2 heterocycles. The maximum absolute atomic E-state index is 2.53. The fraction of sp³-hybridized carbons (Fsp3) is 0.0303. The van der Waals surface area contributed by atoms with Gasteiger partial charge in [-0.3, -0.25) is 0 Å². The van der Waals surface area contributed by atoms with E-state index in [0.29, 0.717) is 0 Å². The smallest absolute Gasteiger partial charge is 0.0755 e. The van der Waals surface area contributed by atoms with Gasteiger partial charge in [-0.05, 0) is 114 Å². The monoisotopic (exact) mass is 862 g/mol. The maximum atomic E-state index is 2.53. The molecule has 1 atom stereocenters. The first-order valence-electron chi connectivity index (χ1n) is 23.8. The third-order valence-corrected chi connectivity index (χ3v) is 15.6. The highest BCUT2D eigenvalue weighted by molar-refractivity contribution is 6.13. The van der Waals surface area contributed by atoms with Crippen LogP contribution < -0.4 is 4.90 Å². The SMILES string of the molecule is c1ccc(N(c2ccc3c(c2)C(c2ccccc2)(c2ccccc2)c2ccc4ccccc4c2-3)c2cccc3c2-c2ccccc2C32c3ccccc3-n3c4ccccc4c4cccc2c43)cc1. The Morgan fingerprint density at radius 2 is 0.912 bits per heavy atom. The molecule has 0 radical (unpaired) electrons. The summed E-state index contributed by atoms with van der Waals surface area (Å²) in [5.41, 5.74) is 21.4. The largest absolute Gasteiger partial charge is 0.310 e. The van der Waals surface area contributed by atoms with Crippen LogP contribution >= 0.6 is 0 Å². The van der Waals surface area contributed by atoms with Crippen molar-refractivity contribution in [2.75, 3.05) is 4.90 Å². The molecule has 1 aliphatic heterocycles. The summed E-state index contributed by atoms with van der Waals surface area (Å²) in [5.74, 6) is 0. The average Bonchev–Trinajstić information content (AvgIpc) is 4.03. The molecule has 12 aromatic rings. The molecule has 2 nitrogen and oxygen atoms in total. The molecule has 1 spiro atoms. The van der Waals surface area contributed by atoms with Gasteiger partial charge in [-0.15, -0.1) is 0 Å². The van der Waals surface area contributed by atoms with Crippen LogP contribution in [0.15, 0.2) is 255 Å². The van der Waals surface area contributed by atoms with Crippen LogP contribution in [0, 0.1) is 0 Å². The van der Waals surface area contributed by atoms with Gasteiger partial charge in [0.05, 0.1) is 33.2 Å². The molecule has 0 bridgehead atoms. The number of benzene rings is 11. The van der Waals surface area contributed by atoms with Gasteiger partial charge < -0.3 is 9.47 Å². The average molecular weight is 863 g/mol. The second-order valence-electron chi connectivity index (χ2n) is 18.7. The number of hydrogen-bond donors (Lipinski definition) is 0. The second kappa shape index (κ2) is 13.9. The van der Waals surface area contributed by atoms with Gasteiger partial charge in [-0.1, -0.05) is 212 Å². The highest BCUT2D eigenvalue weighted by atomic mass is 15.1. The summed E-state index contributed by atoms with van der Waals surface area (Å²) < 4.78 is 2.53. The number of fused-ring (bicyclic) bond motifs is 17. The zero-order valence-corrected chi connectivity index (χ0v) is 37.1. The van der Waals surface area contributed by atoms with Crippen molar-refractivity contribution in [1.82, 2.24) is 4.57 Å². The van der Waals surface area contributed by atoms with Gasteiger partial charge >= 0.3 is 0 Å². The van der Waals surface area contributed by atoms with Gasteiger partial charge in [0.2, 0.25) is 0 Å². The van der Waals surface area contributed by atoms with E-state index in [2.05, 4.69) is 264 Å². The van der Waals surface area contributed by atoms with E-state index >= 15 is 0 Å². The molecule has 11 aromatic carbocycles. The van der Waals surface area contributed by atoms with E-state index in [0.717, 1.165) is 17.1 Å². The van der Waals surface area contributed by atoms with Crippen molar-refractivity contribution < 1.29 is 0 Å². The molecular weight excluding hydrogens is 821 g/mol. The van der Waals surface area contributed by atoms with E-state index in [1.807, 2.05) is 0 Å². The van der Waals surface area contributed by atoms with E-state index in [1.165, 1.54) is 105 Å². The third kappa shape index (κ3) is 4.66. The predicted octanol–water partition coefficient (Wildman–Crippen LogP) is 16.4. The number of anilines is 3. The molecule has 0 N–H and O–H groups in total. The summed E-state index contributed by atoms with van der Waals surface area (Å²) in [6, 6.07) is 95.6. The first-order chi connectivity index (χ1) is 33.8. The molecule has 0 saturated carbocycles. The molecule has 0 fully saturated rings. The lowest BCUT2D eigenvalue weighted by Gasteiger charge is -2.39. The Bertz CT molecular complexity index is 3990. The van der Waals surface area contributed by atoms with E-state index < -0.39 is 10.8 Å². The maximum Gasteiger partial charge on any atom is 0.0755 e. The Hall–Kier alpha value is -8.72. The first-order valence-corrected chi connectivity index (χ1v) is 23.8. The van der Waals surface area contributed by atoms with Crippen molar-refractivity contribution >= 4 is 49.6 Å². The standard InChI is InChI=1S/C66H42N2/c1-4-21-44(22-5-1)65(45-23-6-2-7-24-45)56-41-38-43-20-10-11-27-48(43)62(56)52-40-39-47(42-58(52)65)67(46-25-8-3-9-26-46)61-37-19-33-55-63(61)51-29-12-14-31-53(51)66(55)54-32-15-17-36-60(54)68-59-35-16-13-28-49(59)50-30-18-34-57(66)64(50)68/h1-42H. The Labute approximate surface area is 395 Å². The fourth-order valence-corrected chi connectivity index (χ4v) is 13.2. The topological polar surface area (TPSA) is 8.17 Å². The van der Waals surface area contributed by atoms with Gasteiger partial charge in [0.25, 0.3) is 0 Å². The minimum absolute atomic E-state index is 0.568. The van der Waals surface area contributed by atoms with E-state index in [4.69, 9.17) is 0 Å². The summed E-state index contributed by atoms with van der Waals surface area (Å²) in [4.78, 5) is 2.53. The summed E-state index contributed by atoms with van der Waals surface area (Å²) in [6.07, 6.45) is 0. The molecule has 0 saturated heterocycles. The number of aromatic nitrogens is 1. The Kier molecular flexibility index (Phi) is 7.67. The van der Waals surface area contributed by atoms with Gasteiger partial charge in [-0.2, -0.15) is 0 Å². The summed E-state index contributed by atoms with van der Waals surface area (Å²) >= 11 is 0. The number of rotatable bonds is 5. The fourth-order valence-electron chi connectivity index (χ4n) is 13.2. The number of nitrogens with zero attached hydrogens (tertiary/aromatic N) is 2. The molecule has 1 aromatic heterocycles. The van der Waals surface area contributed by atoms with Crippen molar-refractivity contribution in [2.24, 2.45) is 0 Å².